The molecule has 5 rings (SSSR count). The summed E-state index contributed by atoms with van der Waals surface area (Å²) >= 11 is 0. The molecule has 6 nitrogen and oxygen atoms in total. The summed E-state index contributed by atoms with van der Waals surface area (Å²) in [6.07, 6.45) is 6.65. The van der Waals surface area contributed by atoms with Gasteiger partial charge in [-0.05, 0) is 66.3 Å². The first-order valence-corrected chi connectivity index (χ1v) is 11.8. The van der Waals surface area contributed by atoms with Crippen LogP contribution in [0, 0.1) is 5.92 Å². The zero-order valence-electron chi connectivity index (χ0n) is 19.6. The van der Waals surface area contributed by atoms with Crippen molar-refractivity contribution in [2.75, 3.05) is 7.11 Å². The van der Waals surface area contributed by atoms with Crippen molar-refractivity contribution in [3.05, 3.63) is 66.9 Å². The van der Waals surface area contributed by atoms with Gasteiger partial charge in [0.2, 0.25) is 5.88 Å². The van der Waals surface area contributed by atoms with E-state index in [1.165, 1.54) is 25.7 Å². The molecule has 4 aromatic rings. The van der Waals surface area contributed by atoms with Crippen molar-refractivity contribution in [1.29, 1.82) is 0 Å². The Balaban J connectivity index is 1.44. The Labute approximate surface area is 199 Å². The summed E-state index contributed by atoms with van der Waals surface area (Å²) in [6, 6.07) is 15.8. The first kappa shape index (κ1) is 22.0. The molecule has 2 atom stereocenters. The van der Waals surface area contributed by atoms with Gasteiger partial charge in [0.25, 0.3) is 0 Å². The Bertz CT molecular complexity index is 1340. The molecule has 34 heavy (non-hydrogen) atoms. The smallest absolute Gasteiger partial charge is 0.221 e. The average molecular weight is 455 g/mol. The molecular formula is C28H30N4O2. The van der Waals surface area contributed by atoms with E-state index in [0.29, 0.717) is 23.3 Å². The molecule has 174 valence electrons. The lowest BCUT2D eigenvalue weighted by atomic mass is 9.87. The first-order chi connectivity index (χ1) is 16.5. The topological polar surface area (TPSA) is 83.1 Å². The maximum atomic E-state index is 10.6. The Morgan fingerprint density at radius 1 is 1.15 bits per heavy atom. The van der Waals surface area contributed by atoms with E-state index in [0.717, 1.165) is 39.3 Å². The van der Waals surface area contributed by atoms with E-state index in [-0.39, 0.29) is 5.75 Å². The number of hydrogen-bond donors (Lipinski definition) is 3. The Kier molecular flexibility index (Phi) is 5.97. The fourth-order valence-electron chi connectivity index (χ4n) is 4.89. The summed E-state index contributed by atoms with van der Waals surface area (Å²) in [5.41, 5.74) is 6.07. The fraction of sp³-hybridized carbons (Fsp3) is 0.286. The molecule has 6 heteroatoms. The van der Waals surface area contributed by atoms with Gasteiger partial charge in [-0.15, -0.1) is 0 Å². The van der Waals surface area contributed by atoms with Crippen LogP contribution in [0.5, 0.6) is 11.6 Å². The van der Waals surface area contributed by atoms with E-state index < -0.39 is 0 Å². The largest absolute Gasteiger partial charge is 0.507 e. The molecule has 2 aromatic carbocycles. The van der Waals surface area contributed by atoms with Crippen molar-refractivity contribution in [3.8, 4) is 34.1 Å². The molecule has 1 fully saturated rings. The van der Waals surface area contributed by atoms with Crippen LogP contribution in [-0.4, -0.2) is 33.2 Å². The second kappa shape index (κ2) is 9.21. The number of phenols is 1. The molecule has 0 spiro atoms. The number of pyridine rings is 1. The Morgan fingerprint density at radius 3 is 2.85 bits per heavy atom. The quantitative estimate of drug-likeness (QED) is 0.326. The number of phenolic OH excluding ortho intramolecular Hbond substituents is 1. The summed E-state index contributed by atoms with van der Waals surface area (Å²) in [5, 5.41) is 14.2. The zero-order chi connectivity index (χ0) is 23.7. The number of nitrogens with one attached hydrogen (secondary N) is 2. The SMILES string of the molecule is C=C(NC1CCCC(C)C1)c1ccc2nc(-c3cc(-c4cccnc4OC)ccc3O)[nH]c2c1. The third-order valence-electron chi connectivity index (χ3n) is 6.67. The predicted octanol–water partition coefficient (Wildman–Crippen LogP) is 6.15. The van der Waals surface area contributed by atoms with Gasteiger partial charge in [0.1, 0.15) is 11.6 Å². The van der Waals surface area contributed by atoms with Crippen molar-refractivity contribution in [2.24, 2.45) is 5.92 Å². The highest BCUT2D eigenvalue weighted by Gasteiger charge is 2.19. The van der Waals surface area contributed by atoms with Gasteiger partial charge in [0.15, 0.2) is 0 Å². The number of ether oxygens (including phenoxy) is 1. The van der Waals surface area contributed by atoms with Gasteiger partial charge < -0.3 is 20.1 Å². The second-order valence-electron chi connectivity index (χ2n) is 9.20. The predicted molar refractivity (Wildman–Crippen MR) is 137 cm³/mol. The summed E-state index contributed by atoms with van der Waals surface area (Å²) in [4.78, 5) is 12.4. The van der Waals surface area contributed by atoms with E-state index in [4.69, 9.17) is 9.72 Å². The number of aromatic hydroxyl groups is 1. The van der Waals surface area contributed by atoms with Crippen LogP contribution in [-0.2, 0) is 0 Å². The maximum Gasteiger partial charge on any atom is 0.221 e. The van der Waals surface area contributed by atoms with Crippen LogP contribution in [0.2, 0.25) is 0 Å². The Morgan fingerprint density at radius 2 is 2.03 bits per heavy atom. The van der Waals surface area contributed by atoms with Gasteiger partial charge in [-0.1, -0.05) is 38.5 Å². The summed E-state index contributed by atoms with van der Waals surface area (Å²) in [7, 11) is 1.60. The molecule has 0 saturated heterocycles. The highest BCUT2D eigenvalue weighted by molar-refractivity contribution is 5.85. The minimum atomic E-state index is 0.156. The van der Waals surface area contributed by atoms with Crippen LogP contribution in [0.4, 0.5) is 0 Å². The molecule has 3 N–H and O–H groups in total. The average Bonchev–Trinajstić information content (AvgIpc) is 3.27. The van der Waals surface area contributed by atoms with Crippen LogP contribution in [0.25, 0.3) is 39.2 Å². The highest BCUT2D eigenvalue weighted by atomic mass is 16.5. The van der Waals surface area contributed by atoms with Crippen molar-refractivity contribution in [1.82, 2.24) is 20.3 Å². The zero-order valence-corrected chi connectivity index (χ0v) is 19.6. The summed E-state index contributed by atoms with van der Waals surface area (Å²) < 4.78 is 5.41. The van der Waals surface area contributed by atoms with Crippen molar-refractivity contribution >= 4 is 16.7 Å². The maximum absolute atomic E-state index is 10.6. The molecule has 2 unspecified atom stereocenters. The highest BCUT2D eigenvalue weighted by Crippen LogP contribution is 2.36. The lowest BCUT2D eigenvalue weighted by molar-refractivity contribution is 0.323. The normalized spacial score (nSPS) is 18.1. The number of aromatic nitrogens is 3. The lowest BCUT2D eigenvalue weighted by Crippen LogP contribution is -2.32. The number of nitrogens with zero attached hydrogens (tertiary/aromatic N) is 2. The molecule has 0 aliphatic heterocycles. The van der Waals surface area contributed by atoms with Gasteiger partial charge in [-0.2, -0.15) is 0 Å². The molecule has 0 radical (unpaired) electrons. The van der Waals surface area contributed by atoms with E-state index in [9.17, 15) is 5.11 Å². The van der Waals surface area contributed by atoms with Crippen molar-refractivity contribution in [3.63, 3.8) is 0 Å². The molecular weight excluding hydrogens is 424 g/mol. The molecule has 0 bridgehead atoms. The lowest BCUT2D eigenvalue weighted by Gasteiger charge is -2.29. The third-order valence-corrected chi connectivity index (χ3v) is 6.67. The second-order valence-corrected chi connectivity index (χ2v) is 9.20. The van der Waals surface area contributed by atoms with Crippen molar-refractivity contribution < 1.29 is 9.84 Å². The number of methoxy groups -OCH3 is 1. The Hall–Kier alpha value is -3.80. The fourth-order valence-corrected chi connectivity index (χ4v) is 4.89. The van der Waals surface area contributed by atoms with E-state index in [2.05, 4.69) is 34.9 Å². The van der Waals surface area contributed by atoms with Gasteiger partial charge in [0.05, 0.1) is 23.7 Å². The van der Waals surface area contributed by atoms with Gasteiger partial charge in [-0.3, -0.25) is 0 Å². The van der Waals surface area contributed by atoms with Gasteiger partial charge in [0, 0.05) is 23.5 Å². The van der Waals surface area contributed by atoms with Crippen molar-refractivity contribution in [2.45, 2.75) is 38.6 Å². The van der Waals surface area contributed by atoms with Gasteiger partial charge in [-0.25, -0.2) is 9.97 Å². The van der Waals surface area contributed by atoms with E-state index >= 15 is 0 Å². The molecule has 2 heterocycles. The minimum absolute atomic E-state index is 0.156. The molecule has 1 aliphatic carbocycles. The van der Waals surface area contributed by atoms with Gasteiger partial charge >= 0.3 is 0 Å². The third kappa shape index (κ3) is 4.36. The van der Waals surface area contributed by atoms with E-state index in [1.807, 2.05) is 36.4 Å². The monoisotopic (exact) mass is 454 g/mol. The standard InChI is InChI=1S/C28H30N4O2/c1-17-6-4-7-21(14-17)30-18(2)19-9-11-24-25(16-19)32-27(31-24)23-15-20(10-12-26(23)33)22-8-5-13-29-28(22)34-3/h5,8-13,15-17,21,30,33H,2,4,6-7,14H2,1,3H3,(H,31,32). The van der Waals surface area contributed by atoms with Crippen LogP contribution >= 0.6 is 0 Å². The summed E-state index contributed by atoms with van der Waals surface area (Å²) in [5.74, 6) is 2.05. The van der Waals surface area contributed by atoms with Crippen LogP contribution in [0.15, 0.2) is 61.3 Å². The number of benzene rings is 2. The van der Waals surface area contributed by atoms with E-state index in [1.54, 1.807) is 19.4 Å². The molecule has 0 amide bonds. The number of H-pyrrole nitrogens is 1. The molecule has 2 aromatic heterocycles. The van der Waals surface area contributed by atoms with Crippen LogP contribution < -0.4 is 10.1 Å². The minimum Gasteiger partial charge on any atom is -0.507 e. The number of fused-ring (bicyclic) bond motifs is 1. The number of aromatic amines is 1. The molecule has 1 saturated carbocycles. The number of imidazole rings is 1. The summed E-state index contributed by atoms with van der Waals surface area (Å²) in [6.45, 7) is 6.61. The van der Waals surface area contributed by atoms with Crippen LogP contribution in [0.1, 0.15) is 38.2 Å². The molecule has 1 aliphatic rings. The number of rotatable bonds is 6. The number of hydrogen-bond acceptors (Lipinski definition) is 5. The first-order valence-electron chi connectivity index (χ1n) is 11.8. The van der Waals surface area contributed by atoms with Crippen LogP contribution in [0.3, 0.4) is 0 Å².